The van der Waals surface area contributed by atoms with Crippen molar-refractivity contribution >= 4 is 6.08 Å². The normalized spacial score (nSPS) is 10.4. The van der Waals surface area contributed by atoms with Crippen LogP contribution in [0.15, 0.2) is 61.2 Å². The van der Waals surface area contributed by atoms with E-state index in [2.05, 4.69) is 16.7 Å². The van der Waals surface area contributed by atoms with Crippen molar-refractivity contribution in [1.82, 2.24) is 14.8 Å². The average Bonchev–Trinajstić information content (AvgIpc) is 2.93. The van der Waals surface area contributed by atoms with Crippen LogP contribution in [-0.4, -0.2) is 19.9 Å². The standard InChI is InChI=1S/C16H13N3O/c1-2-15-17-16(12-8-10-14(20)11-9-12)18-19(15)13-6-4-3-5-7-13/h2-11,20H,1H2. The van der Waals surface area contributed by atoms with Gasteiger partial charge in [-0.05, 0) is 42.5 Å². The van der Waals surface area contributed by atoms with Gasteiger partial charge >= 0.3 is 0 Å². The minimum absolute atomic E-state index is 0.222. The topological polar surface area (TPSA) is 50.9 Å². The van der Waals surface area contributed by atoms with E-state index in [1.807, 2.05) is 30.3 Å². The Labute approximate surface area is 116 Å². The number of rotatable bonds is 3. The first kappa shape index (κ1) is 12.2. The van der Waals surface area contributed by atoms with E-state index in [-0.39, 0.29) is 5.75 Å². The minimum Gasteiger partial charge on any atom is -0.508 e. The quantitative estimate of drug-likeness (QED) is 0.789. The van der Waals surface area contributed by atoms with Gasteiger partial charge in [-0.2, -0.15) is 0 Å². The molecule has 0 unspecified atom stereocenters. The average molecular weight is 263 g/mol. The smallest absolute Gasteiger partial charge is 0.182 e. The van der Waals surface area contributed by atoms with Crippen molar-refractivity contribution in [3.63, 3.8) is 0 Å². The molecular weight excluding hydrogens is 250 g/mol. The molecule has 0 bridgehead atoms. The lowest BCUT2D eigenvalue weighted by Gasteiger charge is -2.01. The molecule has 0 fully saturated rings. The van der Waals surface area contributed by atoms with Crippen LogP contribution in [0, 0.1) is 0 Å². The van der Waals surface area contributed by atoms with Gasteiger partial charge in [0.25, 0.3) is 0 Å². The highest BCUT2D eigenvalue weighted by Gasteiger charge is 2.10. The number of aromatic hydroxyl groups is 1. The van der Waals surface area contributed by atoms with Crippen LogP contribution in [0.25, 0.3) is 23.2 Å². The molecule has 0 aliphatic rings. The second-order valence-corrected chi connectivity index (χ2v) is 4.29. The fourth-order valence-corrected chi connectivity index (χ4v) is 1.95. The summed E-state index contributed by atoms with van der Waals surface area (Å²) in [6, 6.07) is 16.6. The first-order valence-corrected chi connectivity index (χ1v) is 6.22. The number of para-hydroxylation sites is 1. The number of hydrogen-bond acceptors (Lipinski definition) is 3. The second-order valence-electron chi connectivity index (χ2n) is 4.29. The number of benzene rings is 2. The summed E-state index contributed by atoms with van der Waals surface area (Å²) >= 11 is 0. The Morgan fingerprint density at radius 2 is 1.70 bits per heavy atom. The van der Waals surface area contributed by atoms with Crippen LogP contribution in [0.5, 0.6) is 5.75 Å². The molecule has 0 amide bonds. The Hall–Kier alpha value is -2.88. The number of aromatic nitrogens is 3. The molecule has 0 saturated heterocycles. The van der Waals surface area contributed by atoms with Crippen molar-refractivity contribution in [3.05, 3.63) is 67.0 Å². The van der Waals surface area contributed by atoms with E-state index in [0.717, 1.165) is 11.3 Å². The molecule has 3 rings (SSSR count). The number of phenols is 1. The number of nitrogens with zero attached hydrogens (tertiary/aromatic N) is 3. The lowest BCUT2D eigenvalue weighted by atomic mass is 10.2. The van der Waals surface area contributed by atoms with Crippen LogP contribution in [0.1, 0.15) is 5.82 Å². The fourth-order valence-electron chi connectivity index (χ4n) is 1.95. The van der Waals surface area contributed by atoms with Gasteiger partial charge in [-0.15, -0.1) is 5.10 Å². The van der Waals surface area contributed by atoms with Crippen LogP contribution in [-0.2, 0) is 0 Å². The molecular formula is C16H13N3O. The summed E-state index contributed by atoms with van der Waals surface area (Å²) < 4.78 is 1.75. The van der Waals surface area contributed by atoms with Crippen LogP contribution >= 0.6 is 0 Å². The van der Waals surface area contributed by atoms with Crippen LogP contribution in [0.4, 0.5) is 0 Å². The van der Waals surface area contributed by atoms with Crippen molar-refractivity contribution < 1.29 is 5.11 Å². The summed E-state index contributed by atoms with van der Waals surface area (Å²) in [5, 5.41) is 13.8. The molecule has 0 aliphatic heterocycles. The summed E-state index contributed by atoms with van der Waals surface area (Å²) in [5.74, 6) is 1.50. The molecule has 0 radical (unpaired) electrons. The molecule has 0 aliphatic carbocycles. The monoisotopic (exact) mass is 263 g/mol. The molecule has 98 valence electrons. The molecule has 1 heterocycles. The van der Waals surface area contributed by atoms with Gasteiger partial charge in [-0.3, -0.25) is 0 Å². The fraction of sp³-hybridized carbons (Fsp3) is 0. The van der Waals surface area contributed by atoms with E-state index in [9.17, 15) is 5.11 Å². The first-order chi connectivity index (χ1) is 9.78. The van der Waals surface area contributed by atoms with Crippen molar-refractivity contribution in [1.29, 1.82) is 0 Å². The molecule has 0 atom stereocenters. The zero-order valence-corrected chi connectivity index (χ0v) is 10.8. The third-order valence-corrected chi connectivity index (χ3v) is 2.94. The van der Waals surface area contributed by atoms with Gasteiger partial charge < -0.3 is 5.11 Å². The lowest BCUT2D eigenvalue weighted by Crippen LogP contribution is -1.98. The zero-order valence-electron chi connectivity index (χ0n) is 10.8. The Kier molecular flexibility index (Phi) is 3.05. The predicted molar refractivity (Wildman–Crippen MR) is 78.6 cm³/mol. The van der Waals surface area contributed by atoms with Crippen molar-refractivity contribution in [3.8, 4) is 22.8 Å². The first-order valence-electron chi connectivity index (χ1n) is 6.22. The van der Waals surface area contributed by atoms with Gasteiger partial charge in [0.15, 0.2) is 11.6 Å². The molecule has 3 aromatic rings. The van der Waals surface area contributed by atoms with E-state index in [0.29, 0.717) is 11.6 Å². The summed E-state index contributed by atoms with van der Waals surface area (Å²) in [7, 11) is 0. The Morgan fingerprint density at radius 3 is 2.35 bits per heavy atom. The van der Waals surface area contributed by atoms with Crippen LogP contribution in [0.3, 0.4) is 0 Å². The summed E-state index contributed by atoms with van der Waals surface area (Å²) in [4.78, 5) is 4.46. The second kappa shape index (κ2) is 5.01. The number of hydrogen-bond donors (Lipinski definition) is 1. The molecule has 0 spiro atoms. The lowest BCUT2D eigenvalue weighted by molar-refractivity contribution is 0.475. The minimum atomic E-state index is 0.222. The molecule has 1 N–H and O–H groups in total. The Morgan fingerprint density at radius 1 is 1.00 bits per heavy atom. The highest BCUT2D eigenvalue weighted by atomic mass is 16.3. The van der Waals surface area contributed by atoms with Gasteiger partial charge in [-0.25, -0.2) is 9.67 Å². The third kappa shape index (κ3) is 2.19. The van der Waals surface area contributed by atoms with E-state index in [1.165, 1.54) is 0 Å². The maximum Gasteiger partial charge on any atom is 0.182 e. The van der Waals surface area contributed by atoms with E-state index in [4.69, 9.17) is 0 Å². The van der Waals surface area contributed by atoms with Gasteiger partial charge in [0.1, 0.15) is 5.75 Å². The highest BCUT2D eigenvalue weighted by Crippen LogP contribution is 2.21. The molecule has 0 saturated carbocycles. The van der Waals surface area contributed by atoms with Gasteiger partial charge in [0.2, 0.25) is 0 Å². The SMILES string of the molecule is C=Cc1nc(-c2ccc(O)cc2)nn1-c1ccccc1. The molecule has 4 heteroatoms. The van der Waals surface area contributed by atoms with Crippen LogP contribution < -0.4 is 0 Å². The Bertz CT molecular complexity index is 730. The molecule has 20 heavy (non-hydrogen) atoms. The molecule has 1 aromatic heterocycles. The Balaban J connectivity index is 2.09. The van der Waals surface area contributed by atoms with Crippen molar-refractivity contribution in [2.24, 2.45) is 0 Å². The van der Waals surface area contributed by atoms with Crippen LogP contribution in [0.2, 0.25) is 0 Å². The van der Waals surface area contributed by atoms with E-state index >= 15 is 0 Å². The summed E-state index contributed by atoms with van der Waals surface area (Å²) in [6.45, 7) is 3.77. The number of phenolic OH excluding ortho intramolecular Hbond substituents is 1. The molecule has 2 aromatic carbocycles. The summed E-state index contributed by atoms with van der Waals surface area (Å²) in [6.07, 6.45) is 1.67. The zero-order chi connectivity index (χ0) is 13.9. The maximum atomic E-state index is 9.33. The van der Waals surface area contributed by atoms with Gasteiger partial charge in [-0.1, -0.05) is 24.8 Å². The van der Waals surface area contributed by atoms with Gasteiger partial charge in [0, 0.05) is 5.56 Å². The van der Waals surface area contributed by atoms with E-state index in [1.54, 1.807) is 35.0 Å². The largest absolute Gasteiger partial charge is 0.508 e. The summed E-state index contributed by atoms with van der Waals surface area (Å²) in [5.41, 5.74) is 1.78. The molecule has 4 nitrogen and oxygen atoms in total. The van der Waals surface area contributed by atoms with E-state index < -0.39 is 0 Å². The third-order valence-electron chi connectivity index (χ3n) is 2.94. The van der Waals surface area contributed by atoms with Crippen molar-refractivity contribution in [2.75, 3.05) is 0 Å². The van der Waals surface area contributed by atoms with Gasteiger partial charge in [0.05, 0.1) is 5.69 Å². The van der Waals surface area contributed by atoms with Crippen molar-refractivity contribution in [2.45, 2.75) is 0 Å². The highest BCUT2D eigenvalue weighted by molar-refractivity contribution is 5.58. The maximum absolute atomic E-state index is 9.33. The predicted octanol–water partition coefficient (Wildman–Crippen LogP) is 3.28.